The molecule has 0 spiro atoms. The molecule has 0 radical (unpaired) electrons. The normalized spacial score (nSPS) is 37.6. The molecule has 3 atom stereocenters. The van der Waals surface area contributed by atoms with E-state index in [2.05, 4.69) is 20.4 Å². The number of carbonyl (C=O) groups excluding carboxylic acids is 1. The molecule has 1 saturated carbocycles. The number of hydrogen-bond donors (Lipinski definition) is 0. The second-order valence-electron chi connectivity index (χ2n) is 4.53. The smallest absolute Gasteiger partial charge is 0.303 e. The molecule has 0 bridgehead atoms. The molecule has 1 aliphatic carbocycles. The van der Waals surface area contributed by atoms with E-state index < -0.39 is 5.60 Å². The van der Waals surface area contributed by atoms with Crippen molar-refractivity contribution in [3.63, 3.8) is 0 Å². The fraction of sp³-hybridized carbons (Fsp3) is 0.750. The van der Waals surface area contributed by atoms with Gasteiger partial charge in [-0.25, -0.2) is 0 Å². The summed E-state index contributed by atoms with van der Waals surface area (Å²) < 4.78 is 5.43. The first-order valence-electron chi connectivity index (χ1n) is 5.33. The Labute approximate surface area is 86.3 Å². The summed E-state index contributed by atoms with van der Waals surface area (Å²) in [5.74, 6) is 0.910. The lowest BCUT2D eigenvalue weighted by Gasteiger charge is -2.41. The van der Waals surface area contributed by atoms with Crippen LogP contribution in [0.3, 0.4) is 0 Å². The Balaban J connectivity index is 2.77. The van der Waals surface area contributed by atoms with Crippen LogP contribution in [-0.4, -0.2) is 11.6 Å². The monoisotopic (exact) mass is 196 g/mol. The molecule has 2 nitrogen and oxygen atoms in total. The van der Waals surface area contributed by atoms with Crippen molar-refractivity contribution in [2.75, 3.05) is 0 Å². The summed E-state index contributed by atoms with van der Waals surface area (Å²) >= 11 is 0. The molecule has 0 heterocycles. The number of hydrogen-bond acceptors (Lipinski definition) is 2. The van der Waals surface area contributed by atoms with Gasteiger partial charge in [-0.15, -0.1) is 0 Å². The minimum Gasteiger partial charge on any atom is -0.455 e. The number of carbonyl (C=O) groups is 1. The molecule has 0 N–H and O–H groups in total. The zero-order valence-corrected chi connectivity index (χ0v) is 9.38. The SMILES string of the molecule is C=CC1(OC(C)=O)CCC(C)CC1C. The van der Waals surface area contributed by atoms with Crippen molar-refractivity contribution in [2.45, 2.75) is 45.6 Å². The second-order valence-corrected chi connectivity index (χ2v) is 4.53. The van der Waals surface area contributed by atoms with Crippen LogP contribution in [0.25, 0.3) is 0 Å². The lowest BCUT2D eigenvalue weighted by atomic mass is 9.72. The van der Waals surface area contributed by atoms with Crippen LogP contribution in [0.5, 0.6) is 0 Å². The molecule has 1 rings (SSSR count). The Morgan fingerprint density at radius 3 is 2.64 bits per heavy atom. The summed E-state index contributed by atoms with van der Waals surface area (Å²) in [7, 11) is 0. The van der Waals surface area contributed by atoms with E-state index in [1.165, 1.54) is 6.92 Å². The molecule has 0 saturated heterocycles. The largest absolute Gasteiger partial charge is 0.455 e. The van der Waals surface area contributed by atoms with Crippen molar-refractivity contribution in [1.29, 1.82) is 0 Å². The molecule has 80 valence electrons. The first-order valence-corrected chi connectivity index (χ1v) is 5.33. The molecule has 0 aromatic rings. The summed E-state index contributed by atoms with van der Waals surface area (Å²) in [5.41, 5.74) is -0.404. The maximum atomic E-state index is 11.0. The maximum Gasteiger partial charge on any atom is 0.303 e. The van der Waals surface area contributed by atoms with Crippen molar-refractivity contribution >= 4 is 5.97 Å². The Bertz CT molecular complexity index is 234. The Hall–Kier alpha value is -0.790. The number of rotatable bonds is 2. The van der Waals surface area contributed by atoms with Crippen molar-refractivity contribution in [1.82, 2.24) is 0 Å². The van der Waals surface area contributed by atoms with Gasteiger partial charge in [0, 0.05) is 6.92 Å². The van der Waals surface area contributed by atoms with E-state index in [0.29, 0.717) is 5.92 Å². The first-order chi connectivity index (χ1) is 6.50. The van der Waals surface area contributed by atoms with Crippen LogP contribution in [0.1, 0.15) is 40.0 Å². The van der Waals surface area contributed by atoms with Crippen molar-refractivity contribution < 1.29 is 9.53 Å². The van der Waals surface area contributed by atoms with Gasteiger partial charge in [-0.1, -0.05) is 20.4 Å². The van der Waals surface area contributed by atoms with Crippen LogP contribution in [-0.2, 0) is 9.53 Å². The van der Waals surface area contributed by atoms with Gasteiger partial charge in [-0.3, -0.25) is 4.79 Å². The van der Waals surface area contributed by atoms with Crippen LogP contribution >= 0.6 is 0 Å². The Morgan fingerprint density at radius 1 is 1.57 bits per heavy atom. The van der Waals surface area contributed by atoms with Gasteiger partial charge in [0.2, 0.25) is 0 Å². The zero-order chi connectivity index (χ0) is 10.8. The van der Waals surface area contributed by atoms with Gasteiger partial charge in [0.15, 0.2) is 0 Å². The van der Waals surface area contributed by atoms with Crippen molar-refractivity contribution in [2.24, 2.45) is 11.8 Å². The lowest BCUT2D eigenvalue weighted by Crippen LogP contribution is -2.43. The van der Waals surface area contributed by atoms with E-state index in [-0.39, 0.29) is 5.97 Å². The molecule has 0 aromatic carbocycles. The molecule has 0 aliphatic heterocycles. The third-order valence-corrected chi connectivity index (χ3v) is 3.30. The van der Waals surface area contributed by atoms with Crippen LogP contribution in [0.4, 0.5) is 0 Å². The molecular formula is C12H20O2. The molecule has 3 unspecified atom stereocenters. The third-order valence-electron chi connectivity index (χ3n) is 3.30. The number of ether oxygens (including phenoxy) is 1. The van der Waals surface area contributed by atoms with E-state index in [1.54, 1.807) is 0 Å². The molecule has 2 heteroatoms. The summed E-state index contributed by atoms with van der Waals surface area (Å²) in [6.07, 6.45) is 4.95. The van der Waals surface area contributed by atoms with Crippen molar-refractivity contribution in [3.8, 4) is 0 Å². The molecule has 0 amide bonds. The fourth-order valence-corrected chi connectivity index (χ4v) is 2.40. The van der Waals surface area contributed by atoms with Crippen LogP contribution in [0, 0.1) is 11.8 Å². The summed E-state index contributed by atoms with van der Waals surface area (Å²) in [6, 6.07) is 0. The van der Waals surface area contributed by atoms with E-state index in [4.69, 9.17) is 4.74 Å². The standard InChI is InChI=1S/C12H20O2/c1-5-12(14-11(4)13)7-6-9(2)8-10(12)3/h5,9-10H,1,6-8H2,2-4H3. The Kier molecular flexibility index (Phi) is 3.35. The first kappa shape index (κ1) is 11.3. The molecule has 1 aliphatic rings. The van der Waals surface area contributed by atoms with Gasteiger partial charge in [0.25, 0.3) is 0 Å². The number of esters is 1. The fourth-order valence-electron chi connectivity index (χ4n) is 2.40. The minimum atomic E-state index is -0.404. The maximum absolute atomic E-state index is 11.0. The van der Waals surface area contributed by atoms with Gasteiger partial charge in [-0.05, 0) is 37.2 Å². The van der Waals surface area contributed by atoms with Gasteiger partial charge in [-0.2, -0.15) is 0 Å². The lowest BCUT2D eigenvalue weighted by molar-refractivity contribution is -0.160. The van der Waals surface area contributed by atoms with Gasteiger partial charge < -0.3 is 4.74 Å². The van der Waals surface area contributed by atoms with Crippen LogP contribution < -0.4 is 0 Å². The minimum absolute atomic E-state index is 0.202. The second kappa shape index (κ2) is 4.16. The van der Waals surface area contributed by atoms with Gasteiger partial charge in [0.1, 0.15) is 5.60 Å². The molecule has 0 aromatic heterocycles. The summed E-state index contributed by atoms with van der Waals surface area (Å²) in [6.45, 7) is 9.66. The molecule has 1 fully saturated rings. The molecule has 14 heavy (non-hydrogen) atoms. The average Bonchev–Trinajstić information content (AvgIpc) is 2.10. The summed E-state index contributed by atoms with van der Waals surface area (Å²) in [4.78, 5) is 11.0. The highest BCUT2D eigenvalue weighted by molar-refractivity contribution is 5.67. The molecular weight excluding hydrogens is 176 g/mol. The van der Waals surface area contributed by atoms with Gasteiger partial charge in [0.05, 0.1) is 0 Å². The van der Waals surface area contributed by atoms with E-state index >= 15 is 0 Å². The zero-order valence-electron chi connectivity index (χ0n) is 9.38. The van der Waals surface area contributed by atoms with Crippen molar-refractivity contribution in [3.05, 3.63) is 12.7 Å². The highest BCUT2D eigenvalue weighted by Crippen LogP contribution is 2.40. The van der Waals surface area contributed by atoms with Crippen LogP contribution in [0.2, 0.25) is 0 Å². The van der Waals surface area contributed by atoms with E-state index in [0.717, 1.165) is 25.2 Å². The topological polar surface area (TPSA) is 26.3 Å². The average molecular weight is 196 g/mol. The third kappa shape index (κ3) is 2.17. The predicted molar refractivity (Wildman–Crippen MR) is 56.9 cm³/mol. The summed E-state index contributed by atoms with van der Waals surface area (Å²) in [5, 5.41) is 0. The highest BCUT2D eigenvalue weighted by atomic mass is 16.6. The van der Waals surface area contributed by atoms with Gasteiger partial charge >= 0.3 is 5.97 Å². The Morgan fingerprint density at radius 2 is 2.21 bits per heavy atom. The van der Waals surface area contributed by atoms with E-state index in [1.807, 2.05) is 6.08 Å². The van der Waals surface area contributed by atoms with E-state index in [9.17, 15) is 4.79 Å². The highest BCUT2D eigenvalue weighted by Gasteiger charge is 2.40. The quantitative estimate of drug-likeness (QED) is 0.501. The van der Waals surface area contributed by atoms with Crippen LogP contribution in [0.15, 0.2) is 12.7 Å². The predicted octanol–water partition coefficient (Wildman–Crippen LogP) is 2.93.